The largest absolute Gasteiger partial charge is 0.409 e. The lowest BCUT2D eigenvalue weighted by Gasteiger charge is -2.37. The topological polar surface area (TPSA) is 32.3 Å². The van der Waals surface area contributed by atoms with E-state index in [0.29, 0.717) is 0 Å². The van der Waals surface area contributed by atoms with Crippen LogP contribution in [0.3, 0.4) is 0 Å². The van der Waals surface area contributed by atoms with Crippen molar-refractivity contribution in [2.24, 2.45) is 0 Å². The summed E-state index contributed by atoms with van der Waals surface area (Å²) in [4.78, 5) is 11.5. The molecule has 0 unspecified atom stereocenters. The molecule has 0 radical (unpaired) electrons. The maximum Gasteiger partial charge on any atom is 0.409 e. The van der Waals surface area contributed by atoms with Gasteiger partial charge < -0.3 is 0 Å². The maximum absolute atomic E-state index is 13.4. The number of aryl methyl sites for hydroxylation is 1. The van der Waals surface area contributed by atoms with Gasteiger partial charge in [-0.25, -0.2) is 0 Å². The van der Waals surface area contributed by atoms with E-state index in [9.17, 15) is 18.0 Å². The summed E-state index contributed by atoms with van der Waals surface area (Å²) in [6.45, 7) is 5.06. The Morgan fingerprint density at radius 3 is 2.20 bits per heavy atom. The van der Waals surface area contributed by atoms with E-state index >= 15 is 0 Å². The zero-order chi connectivity index (χ0) is 15.1. The molecule has 1 heterocycles. The molecule has 110 valence electrons. The van der Waals surface area contributed by atoms with Gasteiger partial charge in [0.15, 0.2) is 6.04 Å². The van der Waals surface area contributed by atoms with Crippen molar-refractivity contribution in [1.29, 1.82) is 0 Å². The fraction of sp³-hybridized carbons (Fsp3) is 0.500. The van der Waals surface area contributed by atoms with Crippen LogP contribution in [0.2, 0.25) is 0 Å². The predicted molar refractivity (Wildman–Crippen MR) is 68.7 cm³/mol. The molecule has 1 aliphatic heterocycles. The van der Waals surface area contributed by atoms with Gasteiger partial charge in [-0.15, -0.1) is 0 Å². The van der Waals surface area contributed by atoms with Crippen LogP contribution < -0.4 is 5.43 Å². The highest BCUT2D eigenvalue weighted by Gasteiger charge is 2.52. The van der Waals surface area contributed by atoms with Crippen LogP contribution >= 0.6 is 0 Å². The molecule has 3 nitrogen and oxygen atoms in total. The Morgan fingerprint density at radius 2 is 1.80 bits per heavy atom. The van der Waals surface area contributed by atoms with Crippen LogP contribution in [0.15, 0.2) is 24.3 Å². The zero-order valence-electron chi connectivity index (χ0n) is 11.6. The van der Waals surface area contributed by atoms with Gasteiger partial charge in [-0.05, 0) is 26.3 Å². The van der Waals surface area contributed by atoms with Crippen LogP contribution in [0, 0.1) is 6.92 Å². The molecule has 0 aromatic heterocycles. The first kappa shape index (κ1) is 14.8. The van der Waals surface area contributed by atoms with Gasteiger partial charge in [0.25, 0.3) is 0 Å². The number of hydrogen-bond donors (Lipinski definition) is 1. The van der Waals surface area contributed by atoms with Gasteiger partial charge in [-0.3, -0.25) is 10.2 Å². The Hall–Kier alpha value is -1.56. The SMILES string of the molecule is Cc1ccc([C@H](N2NC(=O)CC2(C)C)C(F)(F)F)cc1. The fourth-order valence-electron chi connectivity index (χ4n) is 2.45. The Morgan fingerprint density at radius 1 is 1.25 bits per heavy atom. The number of rotatable bonds is 2. The molecule has 1 atom stereocenters. The molecule has 0 aliphatic carbocycles. The highest BCUT2D eigenvalue weighted by Crippen LogP contribution is 2.42. The minimum Gasteiger partial charge on any atom is -0.287 e. The normalized spacial score (nSPS) is 20.8. The first-order valence-corrected chi connectivity index (χ1v) is 6.33. The minimum atomic E-state index is -4.47. The van der Waals surface area contributed by atoms with Gasteiger partial charge in [0.2, 0.25) is 5.91 Å². The van der Waals surface area contributed by atoms with E-state index in [0.717, 1.165) is 10.6 Å². The molecule has 1 saturated heterocycles. The summed E-state index contributed by atoms with van der Waals surface area (Å²) >= 11 is 0. The van der Waals surface area contributed by atoms with Crippen LogP contribution in [-0.2, 0) is 4.79 Å². The first-order valence-electron chi connectivity index (χ1n) is 6.33. The van der Waals surface area contributed by atoms with E-state index in [1.165, 1.54) is 12.1 Å². The van der Waals surface area contributed by atoms with Crippen molar-refractivity contribution in [2.45, 2.75) is 44.9 Å². The Labute approximate surface area is 115 Å². The van der Waals surface area contributed by atoms with E-state index in [2.05, 4.69) is 5.43 Å². The third-order valence-electron chi connectivity index (χ3n) is 3.45. The number of nitrogens with zero attached hydrogens (tertiary/aromatic N) is 1. The molecule has 6 heteroatoms. The van der Waals surface area contributed by atoms with E-state index < -0.39 is 23.7 Å². The standard InChI is InChI=1S/C14H17F3N2O/c1-9-4-6-10(7-5-9)12(14(15,16)17)19-13(2,3)8-11(20)18-19/h4-7,12H,8H2,1-3H3,(H,18,20)/t12-/m0/s1. The van der Waals surface area contributed by atoms with Gasteiger partial charge in [-0.1, -0.05) is 29.8 Å². The lowest BCUT2D eigenvalue weighted by atomic mass is 9.96. The molecule has 2 rings (SSSR count). The van der Waals surface area contributed by atoms with E-state index in [1.807, 2.05) is 6.92 Å². The second-order valence-corrected chi connectivity index (χ2v) is 5.75. The molecule has 0 bridgehead atoms. The number of benzene rings is 1. The average Bonchev–Trinajstić information content (AvgIpc) is 2.53. The summed E-state index contributed by atoms with van der Waals surface area (Å²) in [5, 5.41) is 1.01. The van der Waals surface area contributed by atoms with Crippen molar-refractivity contribution >= 4 is 5.91 Å². The Bertz CT molecular complexity index is 508. The number of halogens is 3. The second-order valence-electron chi connectivity index (χ2n) is 5.75. The summed E-state index contributed by atoms with van der Waals surface area (Å²) in [7, 11) is 0. The average molecular weight is 286 g/mol. The molecule has 1 aliphatic rings. The number of amides is 1. The van der Waals surface area contributed by atoms with Crippen molar-refractivity contribution in [3.8, 4) is 0 Å². The number of hydrazine groups is 1. The molecule has 1 N–H and O–H groups in total. The molecule has 1 amide bonds. The van der Waals surface area contributed by atoms with Crippen LogP contribution in [0.25, 0.3) is 0 Å². The molecule has 1 fully saturated rings. The smallest absolute Gasteiger partial charge is 0.287 e. The second kappa shape index (κ2) is 4.77. The van der Waals surface area contributed by atoms with Crippen molar-refractivity contribution in [3.63, 3.8) is 0 Å². The van der Waals surface area contributed by atoms with Gasteiger partial charge >= 0.3 is 6.18 Å². The number of carbonyl (C=O) groups is 1. The van der Waals surface area contributed by atoms with Gasteiger partial charge in [0.1, 0.15) is 0 Å². The molecule has 0 saturated carbocycles. The summed E-state index contributed by atoms with van der Waals surface area (Å²) in [5.41, 5.74) is 2.46. The zero-order valence-corrected chi connectivity index (χ0v) is 11.6. The van der Waals surface area contributed by atoms with Crippen molar-refractivity contribution in [3.05, 3.63) is 35.4 Å². The lowest BCUT2D eigenvalue weighted by Crippen LogP contribution is -2.51. The highest BCUT2D eigenvalue weighted by atomic mass is 19.4. The van der Waals surface area contributed by atoms with E-state index in [-0.39, 0.29) is 12.0 Å². The summed E-state index contributed by atoms with van der Waals surface area (Å²) in [6.07, 6.45) is -4.42. The summed E-state index contributed by atoms with van der Waals surface area (Å²) < 4.78 is 40.3. The van der Waals surface area contributed by atoms with Crippen LogP contribution in [0.5, 0.6) is 0 Å². The highest BCUT2D eigenvalue weighted by molar-refractivity contribution is 5.79. The molecule has 20 heavy (non-hydrogen) atoms. The summed E-state index contributed by atoms with van der Waals surface area (Å²) in [5.74, 6) is -0.392. The Balaban J connectivity index is 2.44. The molecule has 1 aromatic rings. The maximum atomic E-state index is 13.4. The van der Waals surface area contributed by atoms with Gasteiger partial charge in [0.05, 0.1) is 0 Å². The minimum absolute atomic E-state index is 0.0471. The van der Waals surface area contributed by atoms with Gasteiger partial charge in [-0.2, -0.15) is 18.2 Å². The van der Waals surface area contributed by atoms with Crippen LogP contribution in [0.1, 0.15) is 37.4 Å². The number of carbonyl (C=O) groups excluding carboxylic acids is 1. The van der Waals surface area contributed by atoms with Crippen LogP contribution in [0.4, 0.5) is 13.2 Å². The number of hydrogen-bond acceptors (Lipinski definition) is 2. The molecular formula is C14H17F3N2O. The first-order chi connectivity index (χ1) is 9.11. The fourth-order valence-corrected chi connectivity index (χ4v) is 2.45. The number of alkyl halides is 3. The summed E-state index contributed by atoms with van der Waals surface area (Å²) in [6, 6.07) is 4.34. The van der Waals surface area contributed by atoms with Crippen molar-refractivity contribution in [2.75, 3.05) is 0 Å². The lowest BCUT2D eigenvalue weighted by molar-refractivity contribution is -0.203. The van der Waals surface area contributed by atoms with Crippen molar-refractivity contribution < 1.29 is 18.0 Å². The quantitative estimate of drug-likeness (QED) is 0.906. The number of nitrogens with one attached hydrogen (secondary N) is 1. The van der Waals surface area contributed by atoms with Gasteiger partial charge in [0, 0.05) is 12.0 Å². The third-order valence-corrected chi connectivity index (χ3v) is 3.45. The Kier molecular flexibility index (Phi) is 3.54. The monoisotopic (exact) mass is 286 g/mol. The van der Waals surface area contributed by atoms with E-state index in [4.69, 9.17) is 0 Å². The predicted octanol–water partition coefficient (Wildman–Crippen LogP) is 3.11. The molecule has 1 aromatic carbocycles. The van der Waals surface area contributed by atoms with E-state index in [1.54, 1.807) is 26.0 Å². The molecular weight excluding hydrogens is 269 g/mol. The third kappa shape index (κ3) is 2.80. The van der Waals surface area contributed by atoms with Crippen LogP contribution in [-0.4, -0.2) is 22.6 Å². The van der Waals surface area contributed by atoms with Crippen molar-refractivity contribution in [1.82, 2.24) is 10.4 Å². The molecule has 0 spiro atoms.